The minimum Gasteiger partial charge on any atom is -0.463 e. The fourth-order valence-corrected chi connectivity index (χ4v) is 10.3. The highest BCUT2D eigenvalue weighted by Crippen LogP contribution is 2.45. The van der Waals surface area contributed by atoms with Gasteiger partial charge in [0.2, 0.25) is 0 Å². The second kappa shape index (κ2) is 62.7. The van der Waals surface area contributed by atoms with E-state index in [0.29, 0.717) is 19.3 Å². The Hall–Kier alpha value is -3.53. The van der Waals surface area contributed by atoms with E-state index >= 15 is 0 Å². The summed E-state index contributed by atoms with van der Waals surface area (Å²) >= 11 is 0. The molecule has 87 heavy (non-hydrogen) atoms. The predicted molar refractivity (Wildman–Crippen MR) is 353 cm³/mol. The van der Waals surface area contributed by atoms with E-state index in [1.165, 1.54) is 64.2 Å². The maximum absolute atomic E-state index is 12.9. The summed E-state index contributed by atoms with van der Waals surface area (Å²) in [5.74, 6) is -1.61. The van der Waals surface area contributed by atoms with Gasteiger partial charge in [-0.25, -0.2) is 9.13 Å². The zero-order chi connectivity index (χ0) is 63.8. The number of carbonyl (C=O) groups excluding carboxylic acids is 3. The van der Waals surface area contributed by atoms with E-state index in [0.717, 1.165) is 141 Å². The first-order valence-electron chi connectivity index (χ1n) is 33.5. The van der Waals surface area contributed by atoms with Crippen LogP contribution in [0.25, 0.3) is 0 Å². The molecule has 0 aliphatic rings. The van der Waals surface area contributed by atoms with Crippen molar-refractivity contribution in [2.24, 2.45) is 0 Å². The molecular formula is C69H120O16P2. The summed E-state index contributed by atoms with van der Waals surface area (Å²) in [5.41, 5.74) is 0. The monoisotopic (exact) mass is 1270 g/mol. The number of esters is 3. The Bertz CT molecular complexity index is 1980. The van der Waals surface area contributed by atoms with Gasteiger partial charge in [-0.15, -0.1) is 0 Å². The Morgan fingerprint density at radius 3 is 0.966 bits per heavy atom. The summed E-state index contributed by atoms with van der Waals surface area (Å²) < 4.78 is 60.8. The Labute approximate surface area is 527 Å². The molecule has 16 nitrogen and oxygen atoms in total. The molecule has 0 saturated carbocycles. The third-order valence-electron chi connectivity index (χ3n) is 13.8. The van der Waals surface area contributed by atoms with Gasteiger partial charge >= 0.3 is 33.6 Å². The second-order valence-electron chi connectivity index (χ2n) is 22.2. The van der Waals surface area contributed by atoms with Crippen molar-refractivity contribution < 1.29 is 75.8 Å². The van der Waals surface area contributed by atoms with Crippen molar-refractivity contribution in [2.75, 3.05) is 39.6 Å². The Kier molecular flexibility index (Phi) is 60.1. The van der Waals surface area contributed by atoms with Crippen molar-refractivity contribution in [3.63, 3.8) is 0 Å². The number of aliphatic hydroxyl groups excluding tert-OH is 2. The van der Waals surface area contributed by atoms with E-state index in [1.807, 2.05) is 0 Å². The summed E-state index contributed by atoms with van der Waals surface area (Å²) in [6.07, 6.45) is 67.4. The molecule has 0 aromatic heterocycles. The van der Waals surface area contributed by atoms with Crippen LogP contribution < -0.4 is 0 Å². The van der Waals surface area contributed by atoms with Crippen LogP contribution in [0.1, 0.15) is 265 Å². The third-order valence-corrected chi connectivity index (χ3v) is 15.7. The minimum absolute atomic E-state index is 0.103. The number of hydrogen-bond acceptors (Lipinski definition) is 14. The topological polar surface area (TPSA) is 231 Å². The van der Waals surface area contributed by atoms with Gasteiger partial charge in [-0.1, -0.05) is 246 Å². The number of rotatable bonds is 63. The van der Waals surface area contributed by atoms with Crippen LogP contribution in [-0.2, 0) is 55.8 Å². The number of hydrogen-bond donors (Lipinski definition) is 4. The molecule has 0 fully saturated rings. The van der Waals surface area contributed by atoms with E-state index in [1.54, 1.807) is 0 Å². The van der Waals surface area contributed by atoms with Crippen LogP contribution in [0.15, 0.2) is 97.2 Å². The van der Waals surface area contributed by atoms with Gasteiger partial charge in [-0.2, -0.15) is 0 Å². The lowest BCUT2D eigenvalue weighted by molar-refractivity contribution is -0.161. The van der Waals surface area contributed by atoms with Crippen molar-refractivity contribution in [2.45, 2.75) is 283 Å². The standard InChI is InChI=1S/C69H120O16P2/c1-4-7-10-13-16-19-22-25-28-29-30-31-32-33-36-38-40-43-46-49-52-55-67(72)79-58-64(70)59-81-86(75,76)82-60-65(71)61-83-87(77,78)84-63-66(85-69(74)57-54-51-48-45-42-39-35-27-24-21-18-15-12-9-6-3)62-80-68(73)56-53-50-47-44-41-37-34-26-23-20-17-14-11-8-5-2/h7-8,10-11,16-17,19-20,25-26,28,30-31,33-34,36,64-66,70-71H,4-6,9,12-15,18,21-24,27,29,32,35,37-63H2,1-3H3,(H,75,76)(H,77,78)/b10-7-,11-8-,19-16-,20-17-,28-25-,31-30-,34-26-,36-33-. The highest BCUT2D eigenvalue weighted by molar-refractivity contribution is 7.47. The molecule has 0 heterocycles. The van der Waals surface area contributed by atoms with Crippen molar-refractivity contribution >= 4 is 33.6 Å². The van der Waals surface area contributed by atoms with E-state index in [-0.39, 0.29) is 19.3 Å². The van der Waals surface area contributed by atoms with E-state index in [4.69, 9.17) is 32.3 Å². The van der Waals surface area contributed by atoms with E-state index < -0.39 is 91.5 Å². The average Bonchev–Trinajstić information content (AvgIpc) is 3.68. The highest BCUT2D eigenvalue weighted by atomic mass is 31.2. The fourth-order valence-electron chi connectivity index (χ4n) is 8.73. The maximum atomic E-state index is 12.9. The zero-order valence-electron chi connectivity index (χ0n) is 54.2. The van der Waals surface area contributed by atoms with Gasteiger partial charge in [0.15, 0.2) is 6.10 Å². The van der Waals surface area contributed by atoms with Crippen LogP contribution >= 0.6 is 15.6 Å². The molecule has 18 heteroatoms. The summed E-state index contributed by atoms with van der Waals surface area (Å²) in [7, 11) is -9.78. The van der Waals surface area contributed by atoms with Crippen LogP contribution in [0.4, 0.5) is 0 Å². The summed E-state index contributed by atoms with van der Waals surface area (Å²) in [4.78, 5) is 58.3. The van der Waals surface area contributed by atoms with Gasteiger partial charge in [0.25, 0.3) is 0 Å². The van der Waals surface area contributed by atoms with Crippen LogP contribution in [0, 0.1) is 0 Å². The molecule has 5 unspecified atom stereocenters. The van der Waals surface area contributed by atoms with Crippen LogP contribution in [-0.4, -0.2) is 95.9 Å². The number of ether oxygens (including phenoxy) is 3. The summed E-state index contributed by atoms with van der Waals surface area (Å²) in [5, 5.41) is 20.5. The van der Waals surface area contributed by atoms with E-state index in [2.05, 4.69) is 118 Å². The highest BCUT2D eigenvalue weighted by Gasteiger charge is 2.29. The zero-order valence-corrected chi connectivity index (χ0v) is 56.0. The lowest BCUT2D eigenvalue weighted by Gasteiger charge is -2.21. The van der Waals surface area contributed by atoms with Gasteiger partial charge < -0.3 is 34.2 Å². The number of carbonyl (C=O) groups is 3. The van der Waals surface area contributed by atoms with Crippen LogP contribution in [0.3, 0.4) is 0 Å². The average molecular weight is 1270 g/mol. The number of allylic oxidation sites excluding steroid dienone is 16. The quantitative estimate of drug-likeness (QED) is 0.0146. The molecule has 0 saturated heterocycles. The first-order valence-corrected chi connectivity index (χ1v) is 36.5. The molecule has 0 rings (SSSR count). The Balaban J connectivity index is 4.65. The fraction of sp³-hybridized carbons (Fsp3) is 0.725. The van der Waals surface area contributed by atoms with Gasteiger partial charge in [0, 0.05) is 19.3 Å². The predicted octanol–water partition coefficient (Wildman–Crippen LogP) is 18.3. The Morgan fingerprint density at radius 2 is 0.609 bits per heavy atom. The maximum Gasteiger partial charge on any atom is 0.472 e. The number of unbranched alkanes of at least 4 members (excludes halogenated alkanes) is 24. The first-order chi connectivity index (χ1) is 42.2. The van der Waals surface area contributed by atoms with Crippen molar-refractivity contribution in [3.8, 4) is 0 Å². The second-order valence-corrected chi connectivity index (χ2v) is 25.1. The number of phosphoric acid groups is 2. The smallest absolute Gasteiger partial charge is 0.463 e. The summed E-state index contributed by atoms with van der Waals surface area (Å²) in [6.45, 7) is 2.41. The van der Waals surface area contributed by atoms with Gasteiger partial charge in [0.05, 0.1) is 26.4 Å². The van der Waals surface area contributed by atoms with Gasteiger partial charge in [-0.05, 0) is 96.3 Å². The van der Waals surface area contributed by atoms with Crippen molar-refractivity contribution in [1.29, 1.82) is 0 Å². The molecule has 502 valence electrons. The van der Waals surface area contributed by atoms with Crippen LogP contribution in [0.5, 0.6) is 0 Å². The minimum atomic E-state index is -4.92. The Morgan fingerprint density at radius 1 is 0.333 bits per heavy atom. The molecule has 0 aromatic rings. The molecule has 0 aromatic carbocycles. The molecule has 0 aliphatic carbocycles. The lowest BCUT2D eigenvalue weighted by atomic mass is 10.0. The molecule has 5 atom stereocenters. The molecular weight excluding hydrogens is 1150 g/mol. The SMILES string of the molecule is CC/C=C\C/C=C\C/C=C\C/C=C\C/C=C\CCCCCCCC(=O)OCC(O)COP(=O)(O)OCC(O)COP(=O)(O)OCC(COC(=O)CCCCCCC/C=C\C/C=C\C/C=C\CC)OC(=O)CCCCCCCCCCCCCCCCC. The first kappa shape index (κ1) is 83.5. The molecule has 0 amide bonds. The van der Waals surface area contributed by atoms with Crippen molar-refractivity contribution in [3.05, 3.63) is 97.2 Å². The molecule has 0 spiro atoms. The normalized spacial score (nSPS) is 14.9. The molecule has 0 bridgehead atoms. The number of aliphatic hydroxyl groups is 2. The molecule has 0 aliphatic heterocycles. The molecule has 4 N–H and O–H groups in total. The lowest BCUT2D eigenvalue weighted by Crippen LogP contribution is -2.30. The largest absolute Gasteiger partial charge is 0.472 e. The van der Waals surface area contributed by atoms with E-state index in [9.17, 15) is 43.5 Å². The van der Waals surface area contributed by atoms with Crippen molar-refractivity contribution in [1.82, 2.24) is 0 Å². The summed E-state index contributed by atoms with van der Waals surface area (Å²) in [6, 6.07) is 0. The number of phosphoric ester groups is 2. The van der Waals surface area contributed by atoms with Gasteiger partial charge in [-0.3, -0.25) is 32.5 Å². The van der Waals surface area contributed by atoms with Gasteiger partial charge in [0.1, 0.15) is 25.4 Å². The van der Waals surface area contributed by atoms with Crippen LogP contribution in [0.2, 0.25) is 0 Å². The third kappa shape index (κ3) is 63.8. The molecule has 0 radical (unpaired) electrons.